The van der Waals surface area contributed by atoms with E-state index < -0.39 is 0 Å². The molecule has 0 aliphatic rings. The van der Waals surface area contributed by atoms with Crippen LogP contribution < -0.4 is 0 Å². The molecule has 0 bridgehead atoms. The number of alkyl halides is 1. The normalized spacial score (nSPS) is 15.4. The highest BCUT2D eigenvalue weighted by Crippen LogP contribution is 2.27. The lowest BCUT2D eigenvalue weighted by atomic mass is 9.93. The van der Waals surface area contributed by atoms with Crippen molar-refractivity contribution in [1.29, 1.82) is 0 Å². The van der Waals surface area contributed by atoms with Gasteiger partial charge in [-0.05, 0) is 24.0 Å². The minimum absolute atomic E-state index is 0.176. The molecule has 0 saturated heterocycles. The third kappa shape index (κ3) is 2.99. The summed E-state index contributed by atoms with van der Waals surface area (Å²) in [7, 11) is 0. The molecule has 0 radical (unpaired) electrons. The number of fused-ring (bicyclic) bond motifs is 1. The number of hydrogen-bond acceptors (Lipinski definition) is 2. The summed E-state index contributed by atoms with van der Waals surface area (Å²) in [6, 6.07) is 8.26. The van der Waals surface area contributed by atoms with Crippen LogP contribution in [0.25, 0.3) is 10.2 Å². The van der Waals surface area contributed by atoms with Crippen LogP contribution in [-0.4, -0.2) is 10.4 Å². The molecule has 0 N–H and O–H groups in total. The van der Waals surface area contributed by atoms with Gasteiger partial charge in [-0.2, -0.15) is 0 Å². The van der Waals surface area contributed by atoms with Crippen molar-refractivity contribution in [3.63, 3.8) is 0 Å². The van der Waals surface area contributed by atoms with Gasteiger partial charge >= 0.3 is 0 Å². The Morgan fingerprint density at radius 2 is 1.94 bits per heavy atom. The Balaban J connectivity index is 2.13. The molecule has 0 fully saturated rings. The zero-order valence-electron chi connectivity index (χ0n) is 10.5. The lowest BCUT2D eigenvalue weighted by molar-refractivity contribution is 0.399. The molecule has 1 aromatic heterocycles. The van der Waals surface area contributed by atoms with Crippen molar-refractivity contribution < 1.29 is 0 Å². The number of para-hydroxylation sites is 1. The molecule has 2 aromatic rings. The average molecular weight is 268 g/mol. The SMILES string of the molecule is CC(C)C(C)C(Cl)Cc1nc2ccccc2s1. The van der Waals surface area contributed by atoms with Gasteiger partial charge in [0.15, 0.2) is 0 Å². The first-order valence-corrected chi connectivity index (χ1v) is 7.31. The Morgan fingerprint density at radius 3 is 2.59 bits per heavy atom. The van der Waals surface area contributed by atoms with Gasteiger partial charge in [0.1, 0.15) is 0 Å². The highest BCUT2D eigenvalue weighted by atomic mass is 35.5. The third-order valence-electron chi connectivity index (χ3n) is 3.33. The summed E-state index contributed by atoms with van der Waals surface area (Å²) in [5, 5.41) is 1.33. The van der Waals surface area contributed by atoms with Crippen molar-refractivity contribution in [2.75, 3.05) is 0 Å². The fraction of sp³-hybridized carbons (Fsp3) is 0.500. The lowest BCUT2D eigenvalue weighted by Crippen LogP contribution is -2.19. The van der Waals surface area contributed by atoms with Crippen LogP contribution in [0.15, 0.2) is 24.3 Å². The van der Waals surface area contributed by atoms with Crippen molar-refractivity contribution in [2.24, 2.45) is 11.8 Å². The van der Waals surface area contributed by atoms with Crippen molar-refractivity contribution in [3.05, 3.63) is 29.3 Å². The van der Waals surface area contributed by atoms with Crippen molar-refractivity contribution >= 4 is 33.2 Å². The Kier molecular flexibility index (Phi) is 4.05. The largest absolute Gasteiger partial charge is 0.241 e. The van der Waals surface area contributed by atoms with Crippen LogP contribution in [0.1, 0.15) is 25.8 Å². The summed E-state index contributed by atoms with van der Waals surface area (Å²) >= 11 is 8.21. The molecule has 92 valence electrons. The minimum atomic E-state index is 0.176. The summed E-state index contributed by atoms with van der Waals surface area (Å²) in [5.74, 6) is 1.13. The third-order valence-corrected chi connectivity index (χ3v) is 4.94. The highest BCUT2D eigenvalue weighted by molar-refractivity contribution is 7.18. The van der Waals surface area contributed by atoms with E-state index in [0.29, 0.717) is 11.8 Å². The van der Waals surface area contributed by atoms with E-state index >= 15 is 0 Å². The Hall–Kier alpha value is -0.600. The van der Waals surface area contributed by atoms with Gasteiger partial charge in [-0.15, -0.1) is 22.9 Å². The van der Waals surface area contributed by atoms with E-state index in [9.17, 15) is 0 Å². The second kappa shape index (κ2) is 5.36. The molecule has 2 atom stereocenters. The minimum Gasteiger partial charge on any atom is -0.241 e. The molecule has 3 heteroatoms. The quantitative estimate of drug-likeness (QED) is 0.729. The first-order valence-electron chi connectivity index (χ1n) is 6.06. The number of nitrogens with zero attached hydrogens (tertiary/aromatic N) is 1. The molecular formula is C14H18ClNS. The molecule has 0 saturated carbocycles. The molecular weight excluding hydrogens is 250 g/mol. The molecule has 17 heavy (non-hydrogen) atoms. The van der Waals surface area contributed by atoms with E-state index in [1.807, 2.05) is 6.07 Å². The van der Waals surface area contributed by atoms with E-state index in [1.54, 1.807) is 11.3 Å². The topological polar surface area (TPSA) is 12.9 Å². The molecule has 0 amide bonds. The molecule has 1 aromatic carbocycles. The van der Waals surface area contributed by atoms with E-state index in [0.717, 1.165) is 16.9 Å². The van der Waals surface area contributed by atoms with E-state index in [4.69, 9.17) is 11.6 Å². The predicted octanol–water partition coefficient (Wildman–Crippen LogP) is 4.74. The number of aromatic nitrogens is 1. The fourth-order valence-electron chi connectivity index (χ4n) is 1.78. The first-order chi connectivity index (χ1) is 8.08. The summed E-state index contributed by atoms with van der Waals surface area (Å²) in [6.45, 7) is 6.66. The predicted molar refractivity (Wildman–Crippen MR) is 77.0 cm³/mol. The van der Waals surface area contributed by atoms with Crippen LogP contribution in [-0.2, 0) is 6.42 Å². The maximum Gasteiger partial charge on any atom is 0.0953 e. The van der Waals surface area contributed by atoms with Crippen LogP contribution in [0.2, 0.25) is 0 Å². The van der Waals surface area contributed by atoms with Gasteiger partial charge in [-0.3, -0.25) is 0 Å². The zero-order valence-corrected chi connectivity index (χ0v) is 12.1. The first kappa shape index (κ1) is 12.8. The van der Waals surface area contributed by atoms with Gasteiger partial charge in [0.25, 0.3) is 0 Å². The molecule has 0 aliphatic heterocycles. The number of benzene rings is 1. The smallest absolute Gasteiger partial charge is 0.0953 e. The van der Waals surface area contributed by atoms with Crippen LogP contribution in [0.4, 0.5) is 0 Å². The second-order valence-electron chi connectivity index (χ2n) is 4.90. The van der Waals surface area contributed by atoms with Gasteiger partial charge in [0, 0.05) is 11.8 Å². The summed E-state index contributed by atoms with van der Waals surface area (Å²) in [5.41, 5.74) is 1.09. The summed E-state index contributed by atoms with van der Waals surface area (Å²) < 4.78 is 1.25. The molecule has 1 nitrogen and oxygen atoms in total. The Bertz CT molecular complexity index is 459. The number of thiazole rings is 1. The van der Waals surface area contributed by atoms with Gasteiger partial charge in [-0.25, -0.2) is 4.98 Å². The van der Waals surface area contributed by atoms with Crippen LogP contribution in [0.5, 0.6) is 0 Å². The van der Waals surface area contributed by atoms with Gasteiger partial charge in [-0.1, -0.05) is 32.9 Å². The Labute approximate surface area is 112 Å². The van der Waals surface area contributed by atoms with Crippen molar-refractivity contribution in [1.82, 2.24) is 4.98 Å². The van der Waals surface area contributed by atoms with Gasteiger partial charge in [0.2, 0.25) is 0 Å². The van der Waals surface area contributed by atoms with Crippen LogP contribution in [0, 0.1) is 11.8 Å². The summed E-state index contributed by atoms with van der Waals surface area (Å²) in [4.78, 5) is 4.63. The standard InChI is InChI=1S/C14H18ClNS/c1-9(2)10(3)11(15)8-14-16-12-6-4-5-7-13(12)17-14/h4-7,9-11H,8H2,1-3H3. The maximum absolute atomic E-state index is 6.46. The van der Waals surface area contributed by atoms with Crippen molar-refractivity contribution in [3.8, 4) is 0 Å². The van der Waals surface area contributed by atoms with Gasteiger partial charge < -0.3 is 0 Å². The van der Waals surface area contributed by atoms with E-state index in [2.05, 4.69) is 44.0 Å². The highest BCUT2D eigenvalue weighted by Gasteiger charge is 2.19. The number of rotatable bonds is 4. The monoisotopic (exact) mass is 267 g/mol. The maximum atomic E-state index is 6.46. The molecule has 0 spiro atoms. The van der Waals surface area contributed by atoms with Crippen LogP contribution in [0.3, 0.4) is 0 Å². The molecule has 2 unspecified atom stereocenters. The van der Waals surface area contributed by atoms with E-state index in [-0.39, 0.29) is 5.38 Å². The average Bonchev–Trinajstić information content (AvgIpc) is 2.69. The van der Waals surface area contributed by atoms with Crippen molar-refractivity contribution in [2.45, 2.75) is 32.6 Å². The number of halogens is 1. The Morgan fingerprint density at radius 1 is 1.24 bits per heavy atom. The van der Waals surface area contributed by atoms with Crippen LogP contribution >= 0.6 is 22.9 Å². The molecule has 2 rings (SSSR count). The summed E-state index contributed by atoms with van der Waals surface area (Å²) in [6.07, 6.45) is 0.875. The fourth-order valence-corrected chi connectivity index (χ4v) is 3.33. The van der Waals surface area contributed by atoms with Gasteiger partial charge in [0.05, 0.1) is 15.2 Å². The second-order valence-corrected chi connectivity index (χ2v) is 6.57. The number of hydrogen-bond donors (Lipinski definition) is 0. The van der Waals surface area contributed by atoms with E-state index in [1.165, 1.54) is 4.70 Å². The zero-order chi connectivity index (χ0) is 12.4. The molecule has 1 heterocycles. The lowest BCUT2D eigenvalue weighted by Gasteiger charge is -2.20. The molecule has 0 aliphatic carbocycles.